The fourth-order valence-corrected chi connectivity index (χ4v) is 2.51. The number of hydrogen-bond acceptors (Lipinski definition) is 3. The van der Waals surface area contributed by atoms with E-state index in [1.54, 1.807) is 12.3 Å². The van der Waals surface area contributed by atoms with Crippen LogP contribution in [0.3, 0.4) is 0 Å². The molecule has 0 amide bonds. The van der Waals surface area contributed by atoms with Crippen LogP contribution in [-0.2, 0) is 5.54 Å². The van der Waals surface area contributed by atoms with Gasteiger partial charge in [-0.1, -0.05) is 41.9 Å². The van der Waals surface area contributed by atoms with Crippen LogP contribution in [0.1, 0.15) is 12.5 Å². The first-order valence-corrected chi connectivity index (χ1v) is 6.98. The molecule has 0 radical (unpaired) electrons. The summed E-state index contributed by atoms with van der Waals surface area (Å²) in [5, 5.41) is 13.5. The van der Waals surface area contributed by atoms with Crippen molar-refractivity contribution < 1.29 is 5.11 Å². The van der Waals surface area contributed by atoms with Crippen LogP contribution in [0.2, 0.25) is 5.02 Å². The van der Waals surface area contributed by atoms with Crippen LogP contribution in [0.4, 0.5) is 5.82 Å². The molecule has 2 aromatic rings. The van der Waals surface area contributed by atoms with Gasteiger partial charge in [-0.25, -0.2) is 4.98 Å². The molecule has 3 nitrogen and oxygen atoms in total. The van der Waals surface area contributed by atoms with E-state index in [2.05, 4.69) is 26.2 Å². The molecule has 100 valence electrons. The van der Waals surface area contributed by atoms with Gasteiger partial charge in [0.1, 0.15) is 5.82 Å². The van der Waals surface area contributed by atoms with Crippen molar-refractivity contribution in [2.24, 2.45) is 0 Å². The highest BCUT2D eigenvalue weighted by molar-refractivity contribution is 9.10. The highest BCUT2D eigenvalue weighted by Gasteiger charge is 2.26. The van der Waals surface area contributed by atoms with Crippen molar-refractivity contribution in [1.82, 2.24) is 4.98 Å². The number of aromatic nitrogens is 1. The molecule has 5 heteroatoms. The highest BCUT2D eigenvalue weighted by Crippen LogP contribution is 2.30. The Bertz CT molecular complexity index is 565. The van der Waals surface area contributed by atoms with Crippen molar-refractivity contribution >= 4 is 33.3 Å². The number of pyridine rings is 1. The van der Waals surface area contributed by atoms with Crippen LogP contribution in [0.25, 0.3) is 0 Å². The summed E-state index contributed by atoms with van der Waals surface area (Å²) in [4.78, 5) is 4.24. The topological polar surface area (TPSA) is 45.1 Å². The molecular weight excluding hydrogens is 328 g/mol. The minimum atomic E-state index is -0.607. The Labute approximate surface area is 125 Å². The molecule has 0 saturated carbocycles. The second-order valence-electron chi connectivity index (χ2n) is 4.47. The van der Waals surface area contributed by atoms with Gasteiger partial charge in [0.2, 0.25) is 0 Å². The summed E-state index contributed by atoms with van der Waals surface area (Å²) >= 11 is 9.28. The summed E-state index contributed by atoms with van der Waals surface area (Å²) in [5.41, 5.74) is 0.381. The lowest BCUT2D eigenvalue weighted by Gasteiger charge is -2.30. The number of hydrogen-bond donors (Lipinski definition) is 2. The molecule has 2 rings (SSSR count). The van der Waals surface area contributed by atoms with E-state index in [4.69, 9.17) is 11.6 Å². The number of anilines is 1. The molecule has 0 saturated heterocycles. The molecule has 0 aliphatic carbocycles. The maximum atomic E-state index is 9.71. The Morgan fingerprint density at radius 2 is 2.05 bits per heavy atom. The molecule has 0 aliphatic heterocycles. The lowest BCUT2D eigenvalue weighted by molar-refractivity contribution is 0.223. The molecule has 19 heavy (non-hydrogen) atoms. The maximum absolute atomic E-state index is 9.71. The molecule has 1 heterocycles. The normalized spacial score (nSPS) is 13.9. The van der Waals surface area contributed by atoms with Gasteiger partial charge in [0.15, 0.2) is 0 Å². The van der Waals surface area contributed by atoms with Crippen molar-refractivity contribution in [2.75, 3.05) is 11.9 Å². The summed E-state index contributed by atoms with van der Waals surface area (Å²) in [5.74, 6) is 0.643. The first-order chi connectivity index (χ1) is 9.05. The summed E-state index contributed by atoms with van der Waals surface area (Å²) in [6, 6.07) is 11.5. The molecule has 0 aliphatic rings. The zero-order valence-electron chi connectivity index (χ0n) is 10.4. The van der Waals surface area contributed by atoms with E-state index in [-0.39, 0.29) is 6.61 Å². The van der Waals surface area contributed by atoms with Gasteiger partial charge in [-0.3, -0.25) is 0 Å². The first kappa shape index (κ1) is 14.3. The average Bonchev–Trinajstić information content (AvgIpc) is 2.43. The van der Waals surface area contributed by atoms with Crippen LogP contribution in [0.15, 0.2) is 47.1 Å². The number of nitrogens with zero attached hydrogens (tertiary/aromatic N) is 1. The Morgan fingerprint density at radius 3 is 2.63 bits per heavy atom. The van der Waals surface area contributed by atoms with Crippen LogP contribution < -0.4 is 5.32 Å². The minimum Gasteiger partial charge on any atom is -0.394 e. The van der Waals surface area contributed by atoms with Crippen molar-refractivity contribution in [3.05, 3.63) is 57.7 Å². The molecule has 1 atom stereocenters. The monoisotopic (exact) mass is 340 g/mol. The van der Waals surface area contributed by atoms with E-state index in [1.807, 2.05) is 37.3 Å². The largest absolute Gasteiger partial charge is 0.394 e. The summed E-state index contributed by atoms with van der Waals surface area (Å²) in [7, 11) is 0. The van der Waals surface area contributed by atoms with Gasteiger partial charge >= 0.3 is 0 Å². The Hall–Kier alpha value is -1.10. The van der Waals surface area contributed by atoms with E-state index < -0.39 is 5.54 Å². The summed E-state index contributed by atoms with van der Waals surface area (Å²) < 4.78 is 0.760. The second-order valence-corrected chi connectivity index (χ2v) is 5.76. The SMILES string of the molecule is CC(CO)(Nc1ncc(Cl)cc1Br)c1ccccc1. The smallest absolute Gasteiger partial charge is 0.141 e. The van der Waals surface area contributed by atoms with Gasteiger partial charge in [0.05, 0.1) is 21.6 Å². The number of nitrogens with one attached hydrogen (secondary N) is 1. The summed E-state index contributed by atoms with van der Waals surface area (Å²) in [6.07, 6.45) is 1.57. The predicted octanol–water partition coefficient (Wildman–Crippen LogP) is 3.82. The average molecular weight is 342 g/mol. The molecule has 2 N–H and O–H groups in total. The van der Waals surface area contributed by atoms with Gasteiger partial charge in [-0.2, -0.15) is 0 Å². The number of halogens is 2. The number of aliphatic hydroxyl groups is 1. The van der Waals surface area contributed by atoms with Gasteiger partial charge in [-0.05, 0) is 34.5 Å². The van der Waals surface area contributed by atoms with E-state index >= 15 is 0 Å². The third-order valence-corrected chi connectivity index (χ3v) is 3.74. The highest BCUT2D eigenvalue weighted by atomic mass is 79.9. The van der Waals surface area contributed by atoms with Crippen molar-refractivity contribution in [3.8, 4) is 0 Å². The third-order valence-electron chi connectivity index (χ3n) is 2.93. The molecule has 1 unspecified atom stereocenters. The maximum Gasteiger partial charge on any atom is 0.141 e. The first-order valence-electron chi connectivity index (χ1n) is 5.81. The molecule has 0 fully saturated rings. The van der Waals surface area contributed by atoms with Crippen molar-refractivity contribution in [2.45, 2.75) is 12.5 Å². The molecule has 0 spiro atoms. The Balaban J connectivity index is 2.33. The zero-order valence-corrected chi connectivity index (χ0v) is 12.7. The van der Waals surface area contributed by atoms with Crippen molar-refractivity contribution in [1.29, 1.82) is 0 Å². The zero-order chi connectivity index (χ0) is 13.9. The summed E-state index contributed by atoms with van der Waals surface area (Å²) in [6.45, 7) is 1.87. The molecular formula is C14H14BrClN2O. The predicted molar refractivity (Wildman–Crippen MR) is 81.4 cm³/mol. The molecule has 1 aromatic heterocycles. The lowest BCUT2D eigenvalue weighted by Crippen LogP contribution is -2.36. The Morgan fingerprint density at radius 1 is 1.37 bits per heavy atom. The lowest BCUT2D eigenvalue weighted by atomic mass is 9.93. The van der Waals surface area contributed by atoms with Gasteiger partial charge in [0, 0.05) is 6.20 Å². The fraction of sp³-hybridized carbons (Fsp3) is 0.214. The van der Waals surface area contributed by atoms with E-state index in [0.29, 0.717) is 10.8 Å². The van der Waals surface area contributed by atoms with Gasteiger partial charge in [-0.15, -0.1) is 0 Å². The van der Waals surface area contributed by atoms with Crippen LogP contribution in [0, 0.1) is 0 Å². The van der Waals surface area contributed by atoms with Crippen LogP contribution in [0.5, 0.6) is 0 Å². The number of aliphatic hydroxyl groups excluding tert-OH is 1. The molecule has 1 aromatic carbocycles. The Kier molecular flexibility index (Phi) is 4.45. The van der Waals surface area contributed by atoms with Crippen molar-refractivity contribution in [3.63, 3.8) is 0 Å². The van der Waals surface area contributed by atoms with Gasteiger partial charge < -0.3 is 10.4 Å². The fourth-order valence-electron chi connectivity index (χ4n) is 1.78. The van der Waals surface area contributed by atoms with Crippen LogP contribution in [-0.4, -0.2) is 16.7 Å². The number of benzene rings is 1. The standard InChI is InChI=1S/C14H14BrClN2O/c1-14(9-19,10-5-3-2-4-6-10)18-13-12(15)7-11(16)8-17-13/h2-8,19H,9H2,1H3,(H,17,18). The number of rotatable bonds is 4. The molecule has 0 bridgehead atoms. The quantitative estimate of drug-likeness (QED) is 0.888. The van der Waals surface area contributed by atoms with Gasteiger partial charge in [0.25, 0.3) is 0 Å². The van der Waals surface area contributed by atoms with E-state index in [0.717, 1.165) is 10.0 Å². The minimum absolute atomic E-state index is 0.0479. The second kappa shape index (κ2) is 5.90. The third kappa shape index (κ3) is 3.26. The van der Waals surface area contributed by atoms with E-state index in [1.165, 1.54) is 0 Å². The van der Waals surface area contributed by atoms with E-state index in [9.17, 15) is 5.11 Å². The van der Waals surface area contributed by atoms with Crippen LogP contribution >= 0.6 is 27.5 Å².